The summed E-state index contributed by atoms with van der Waals surface area (Å²) in [6.07, 6.45) is 1.79. The molecule has 0 spiro atoms. The van der Waals surface area contributed by atoms with Gasteiger partial charge in [0.1, 0.15) is 11.3 Å². The molecule has 19 heavy (non-hydrogen) atoms. The van der Waals surface area contributed by atoms with Gasteiger partial charge < -0.3 is 4.74 Å². The zero-order chi connectivity index (χ0) is 14.0. The van der Waals surface area contributed by atoms with Gasteiger partial charge in [-0.2, -0.15) is 5.10 Å². The van der Waals surface area contributed by atoms with Crippen molar-refractivity contribution in [2.24, 2.45) is 0 Å². The monoisotopic (exact) mass is 298 g/mol. The zero-order valence-corrected chi connectivity index (χ0v) is 11.3. The Morgan fingerprint density at radius 3 is 2.68 bits per heavy atom. The van der Waals surface area contributed by atoms with Crippen LogP contribution in [0.5, 0.6) is 0 Å². The number of aromatic nitrogens is 2. The highest BCUT2D eigenvalue weighted by Gasteiger charge is 2.18. The summed E-state index contributed by atoms with van der Waals surface area (Å²) in [5, 5.41) is 4.69. The molecule has 98 valence electrons. The van der Waals surface area contributed by atoms with Crippen LogP contribution < -0.4 is 0 Å². The number of rotatable bonds is 3. The third-order valence-electron chi connectivity index (χ3n) is 2.47. The Morgan fingerprint density at radius 2 is 2.11 bits per heavy atom. The SMILES string of the molecule is COC(=O)c1cnn(-c2ccc(Cl)c(Cl)c2)c1C=O. The maximum absolute atomic E-state index is 11.5. The van der Waals surface area contributed by atoms with Gasteiger partial charge in [0.15, 0.2) is 6.29 Å². The van der Waals surface area contributed by atoms with Gasteiger partial charge in [0.2, 0.25) is 0 Å². The molecule has 0 unspecified atom stereocenters. The third kappa shape index (κ3) is 2.47. The lowest BCUT2D eigenvalue weighted by atomic mass is 10.2. The van der Waals surface area contributed by atoms with E-state index in [1.54, 1.807) is 18.2 Å². The normalized spacial score (nSPS) is 10.3. The van der Waals surface area contributed by atoms with Gasteiger partial charge in [-0.05, 0) is 18.2 Å². The summed E-state index contributed by atoms with van der Waals surface area (Å²) in [5.41, 5.74) is 0.695. The van der Waals surface area contributed by atoms with Gasteiger partial charge in [0.05, 0.1) is 29.0 Å². The van der Waals surface area contributed by atoms with Gasteiger partial charge in [-0.15, -0.1) is 0 Å². The van der Waals surface area contributed by atoms with Gasteiger partial charge in [0, 0.05) is 0 Å². The highest BCUT2D eigenvalue weighted by atomic mass is 35.5. The molecule has 0 radical (unpaired) electrons. The molecule has 1 aromatic heterocycles. The maximum Gasteiger partial charge on any atom is 0.341 e. The molecular weight excluding hydrogens is 291 g/mol. The Bertz CT molecular complexity index is 652. The highest BCUT2D eigenvalue weighted by molar-refractivity contribution is 6.42. The molecule has 1 aromatic carbocycles. The molecule has 0 atom stereocenters. The molecule has 0 saturated heterocycles. The lowest BCUT2D eigenvalue weighted by Gasteiger charge is -2.05. The predicted molar refractivity (Wildman–Crippen MR) is 70.3 cm³/mol. The van der Waals surface area contributed by atoms with Crippen molar-refractivity contribution in [3.8, 4) is 5.69 Å². The van der Waals surface area contributed by atoms with Crippen LogP contribution in [-0.4, -0.2) is 29.1 Å². The van der Waals surface area contributed by atoms with Crippen molar-refractivity contribution in [1.29, 1.82) is 0 Å². The zero-order valence-electron chi connectivity index (χ0n) is 9.76. The minimum Gasteiger partial charge on any atom is -0.465 e. The average Bonchev–Trinajstić information content (AvgIpc) is 2.84. The van der Waals surface area contributed by atoms with Crippen molar-refractivity contribution in [2.45, 2.75) is 0 Å². The van der Waals surface area contributed by atoms with Gasteiger partial charge in [-0.1, -0.05) is 23.2 Å². The second-order valence-electron chi connectivity index (χ2n) is 3.56. The number of aldehydes is 1. The lowest BCUT2D eigenvalue weighted by Crippen LogP contribution is -2.07. The van der Waals surface area contributed by atoms with Crippen LogP contribution in [0.25, 0.3) is 5.69 Å². The van der Waals surface area contributed by atoms with E-state index in [9.17, 15) is 9.59 Å². The number of hydrogen-bond acceptors (Lipinski definition) is 4. The van der Waals surface area contributed by atoms with E-state index in [0.29, 0.717) is 22.0 Å². The lowest BCUT2D eigenvalue weighted by molar-refractivity contribution is 0.0598. The number of nitrogens with zero attached hydrogens (tertiary/aromatic N) is 2. The second-order valence-corrected chi connectivity index (χ2v) is 4.38. The summed E-state index contributed by atoms with van der Waals surface area (Å²) in [4.78, 5) is 22.6. The van der Waals surface area contributed by atoms with Crippen molar-refractivity contribution in [1.82, 2.24) is 9.78 Å². The number of benzene rings is 1. The fourth-order valence-corrected chi connectivity index (χ4v) is 1.85. The Hall–Kier alpha value is -1.85. The maximum atomic E-state index is 11.5. The number of halogens is 2. The molecule has 0 bridgehead atoms. The number of esters is 1. The number of carbonyl (C=O) groups is 2. The van der Waals surface area contributed by atoms with Crippen molar-refractivity contribution < 1.29 is 14.3 Å². The van der Waals surface area contributed by atoms with E-state index in [0.717, 1.165) is 0 Å². The van der Waals surface area contributed by atoms with Crippen molar-refractivity contribution in [2.75, 3.05) is 7.11 Å². The van der Waals surface area contributed by atoms with E-state index in [1.165, 1.54) is 18.0 Å². The first kappa shape index (κ1) is 13.6. The van der Waals surface area contributed by atoms with Gasteiger partial charge in [-0.3, -0.25) is 4.79 Å². The largest absolute Gasteiger partial charge is 0.465 e. The number of ether oxygens (including phenoxy) is 1. The second kappa shape index (κ2) is 5.42. The Kier molecular flexibility index (Phi) is 3.87. The first-order valence-corrected chi connectivity index (χ1v) is 5.91. The van der Waals surface area contributed by atoms with Crippen molar-refractivity contribution >= 4 is 35.5 Å². The molecule has 0 aliphatic rings. The molecule has 0 aliphatic heterocycles. The molecule has 0 amide bonds. The topological polar surface area (TPSA) is 61.2 Å². The molecule has 0 saturated carbocycles. The van der Waals surface area contributed by atoms with E-state index in [1.807, 2.05) is 0 Å². The van der Waals surface area contributed by atoms with Gasteiger partial charge >= 0.3 is 5.97 Å². The van der Waals surface area contributed by atoms with Crippen LogP contribution in [0.2, 0.25) is 10.0 Å². The molecule has 0 aliphatic carbocycles. The number of hydrogen-bond donors (Lipinski definition) is 0. The van der Waals surface area contributed by atoms with Crippen LogP contribution in [0.3, 0.4) is 0 Å². The quantitative estimate of drug-likeness (QED) is 0.646. The minimum absolute atomic E-state index is 0.0866. The molecule has 5 nitrogen and oxygen atoms in total. The first-order valence-electron chi connectivity index (χ1n) is 5.15. The first-order chi connectivity index (χ1) is 9.08. The molecule has 2 rings (SSSR count). The Morgan fingerprint density at radius 1 is 1.37 bits per heavy atom. The van der Waals surface area contributed by atoms with Crippen LogP contribution in [0.1, 0.15) is 20.8 Å². The summed E-state index contributed by atoms with van der Waals surface area (Å²) >= 11 is 11.7. The third-order valence-corrected chi connectivity index (χ3v) is 3.21. The standard InChI is InChI=1S/C12H8Cl2N2O3/c1-19-12(18)8-5-15-16(11(8)6-17)7-2-3-9(13)10(14)4-7/h2-6H,1H3. The van der Waals surface area contributed by atoms with Crippen LogP contribution >= 0.6 is 23.2 Å². The molecule has 0 N–H and O–H groups in total. The highest BCUT2D eigenvalue weighted by Crippen LogP contribution is 2.25. The molecule has 0 fully saturated rings. The smallest absolute Gasteiger partial charge is 0.341 e. The van der Waals surface area contributed by atoms with E-state index < -0.39 is 5.97 Å². The van der Waals surface area contributed by atoms with Crippen LogP contribution in [0.4, 0.5) is 0 Å². The summed E-state index contributed by atoms with van der Waals surface area (Å²) < 4.78 is 5.87. The number of carbonyl (C=O) groups excluding carboxylic acids is 2. The minimum atomic E-state index is -0.631. The summed E-state index contributed by atoms with van der Waals surface area (Å²) in [6, 6.07) is 4.76. The van der Waals surface area contributed by atoms with E-state index in [2.05, 4.69) is 9.84 Å². The van der Waals surface area contributed by atoms with Crippen molar-refractivity contribution in [3.05, 3.63) is 45.7 Å². The Balaban J connectivity index is 2.56. The van der Waals surface area contributed by atoms with Crippen LogP contribution in [0.15, 0.2) is 24.4 Å². The Labute approximate surface area is 118 Å². The molecule has 1 heterocycles. The fraction of sp³-hybridized carbons (Fsp3) is 0.0833. The fourth-order valence-electron chi connectivity index (χ4n) is 1.56. The molecule has 2 aromatic rings. The van der Waals surface area contributed by atoms with Gasteiger partial charge in [-0.25, -0.2) is 9.48 Å². The predicted octanol–water partition coefficient (Wildman–Crippen LogP) is 2.78. The van der Waals surface area contributed by atoms with Gasteiger partial charge in [0.25, 0.3) is 0 Å². The van der Waals surface area contributed by atoms with Crippen LogP contribution in [-0.2, 0) is 4.74 Å². The van der Waals surface area contributed by atoms with E-state index >= 15 is 0 Å². The van der Waals surface area contributed by atoms with E-state index in [-0.39, 0.29) is 11.3 Å². The summed E-state index contributed by atoms with van der Waals surface area (Å²) in [6.45, 7) is 0. The average molecular weight is 299 g/mol. The summed E-state index contributed by atoms with van der Waals surface area (Å²) in [5.74, 6) is -0.631. The van der Waals surface area contributed by atoms with Crippen molar-refractivity contribution in [3.63, 3.8) is 0 Å². The van der Waals surface area contributed by atoms with E-state index in [4.69, 9.17) is 23.2 Å². The molecular formula is C12H8Cl2N2O3. The molecule has 7 heteroatoms. The number of methoxy groups -OCH3 is 1. The van der Waals surface area contributed by atoms with Crippen LogP contribution in [0, 0.1) is 0 Å². The summed E-state index contributed by atoms with van der Waals surface area (Å²) in [7, 11) is 1.23.